The van der Waals surface area contributed by atoms with Gasteiger partial charge in [0.15, 0.2) is 5.43 Å². The Balaban J connectivity index is 2.04. The standard InChI is InChI=1S/C22H23ClFNO2/c1-14(2)10-17(13-26)25-9-8-21(27)18-12-15(6-7-20(18)25)11-16-4-3-5-19(23)22(16)24/h3-9,12,14,17,26H,10-11,13H2,1-2H3/t17-/m0/s1. The van der Waals surface area contributed by atoms with Crippen molar-refractivity contribution >= 4 is 22.5 Å². The van der Waals surface area contributed by atoms with Crippen molar-refractivity contribution in [2.75, 3.05) is 6.61 Å². The van der Waals surface area contributed by atoms with E-state index in [2.05, 4.69) is 13.8 Å². The van der Waals surface area contributed by atoms with E-state index in [1.807, 2.05) is 16.7 Å². The zero-order chi connectivity index (χ0) is 19.6. The molecule has 5 heteroatoms. The molecule has 0 saturated carbocycles. The first-order valence-corrected chi connectivity index (χ1v) is 9.46. The molecule has 0 spiro atoms. The van der Waals surface area contributed by atoms with Crippen molar-refractivity contribution in [2.24, 2.45) is 5.92 Å². The Morgan fingerprint density at radius 2 is 1.96 bits per heavy atom. The third-order valence-electron chi connectivity index (χ3n) is 4.76. The van der Waals surface area contributed by atoms with Crippen LogP contribution in [0.3, 0.4) is 0 Å². The molecule has 27 heavy (non-hydrogen) atoms. The first-order valence-electron chi connectivity index (χ1n) is 9.08. The lowest BCUT2D eigenvalue weighted by Crippen LogP contribution is -2.18. The maximum Gasteiger partial charge on any atom is 0.189 e. The smallest absolute Gasteiger partial charge is 0.189 e. The van der Waals surface area contributed by atoms with Gasteiger partial charge in [0, 0.05) is 24.1 Å². The van der Waals surface area contributed by atoms with Crippen molar-refractivity contribution < 1.29 is 9.50 Å². The second-order valence-electron chi connectivity index (χ2n) is 7.29. The van der Waals surface area contributed by atoms with Crippen molar-refractivity contribution in [3.63, 3.8) is 0 Å². The molecule has 3 rings (SSSR count). The molecule has 0 radical (unpaired) electrons. The summed E-state index contributed by atoms with van der Waals surface area (Å²) >= 11 is 5.86. The van der Waals surface area contributed by atoms with Crippen LogP contribution in [0.25, 0.3) is 10.9 Å². The molecule has 1 N–H and O–H groups in total. The zero-order valence-electron chi connectivity index (χ0n) is 15.5. The number of fused-ring (bicyclic) bond motifs is 1. The van der Waals surface area contributed by atoms with Crippen molar-refractivity contribution in [1.29, 1.82) is 0 Å². The third-order valence-corrected chi connectivity index (χ3v) is 5.06. The van der Waals surface area contributed by atoms with Gasteiger partial charge in [0.2, 0.25) is 0 Å². The van der Waals surface area contributed by atoms with Crippen molar-refractivity contribution in [2.45, 2.75) is 32.7 Å². The van der Waals surface area contributed by atoms with Crippen LogP contribution in [0.1, 0.15) is 37.4 Å². The van der Waals surface area contributed by atoms with E-state index >= 15 is 0 Å². The van der Waals surface area contributed by atoms with E-state index in [-0.39, 0.29) is 23.1 Å². The summed E-state index contributed by atoms with van der Waals surface area (Å²) in [4.78, 5) is 12.4. The van der Waals surface area contributed by atoms with E-state index in [1.165, 1.54) is 12.1 Å². The summed E-state index contributed by atoms with van der Waals surface area (Å²) in [5.41, 5.74) is 2.02. The molecule has 2 aromatic carbocycles. The van der Waals surface area contributed by atoms with Gasteiger partial charge in [-0.15, -0.1) is 0 Å². The minimum absolute atomic E-state index is 0.00558. The van der Waals surface area contributed by atoms with Gasteiger partial charge in [-0.2, -0.15) is 0 Å². The van der Waals surface area contributed by atoms with Gasteiger partial charge in [-0.05, 0) is 41.7 Å². The normalized spacial score (nSPS) is 12.7. The number of aliphatic hydroxyl groups excluding tert-OH is 1. The number of halogens is 2. The first kappa shape index (κ1) is 19.6. The molecule has 0 aliphatic rings. The lowest BCUT2D eigenvalue weighted by Gasteiger charge is -2.22. The molecular formula is C22H23ClFNO2. The average Bonchev–Trinajstić information content (AvgIpc) is 2.64. The van der Waals surface area contributed by atoms with Crippen LogP contribution in [0.5, 0.6) is 0 Å². The monoisotopic (exact) mass is 387 g/mol. The van der Waals surface area contributed by atoms with E-state index in [0.29, 0.717) is 23.3 Å². The van der Waals surface area contributed by atoms with Crippen LogP contribution >= 0.6 is 11.6 Å². The number of hydrogen-bond donors (Lipinski definition) is 1. The van der Waals surface area contributed by atoms with Gasteiger partial charge < -0.3 is 9.67 Å². The second-order valence-corrected chi connectivity index (χ2v) is 7.70. The summed E-state index contributed by atoms with van der Waals surface area (Å²) in [7, 11) is 0. The lowest BCUT2D eigenvalue weighted by atomic mass is 10.0. The molecule has 3 nitrogen and oxygen atoms in total. The second kappa shape index (κ2) is 8.24. The molecule has 0 bridgehead atoms. The third kappa shape index (κ3) is 4.23. The largest absolute Gasteiger partial charge is 0.394 e. The molecule has 1 aromatic heterocycles. The number of aromatic nitrogens is 1. The molecule has 0 aliphatic carbocycles. The van der Waals surface area contributed by atoms with Crippen molar-refractivity contribution in [3.05, 3.63) is 80.9 Å². The van der Waals surface area contributed by atoms with E-state index in [4.69, 9.17) is 11.6 Å². The van der Waals surface area contributed by atoms with Crippen LogP contribution in [0.4, 0.5) is 4.39 Å². The van der Waals surface area contributed by atoms with Crippen LogP contribution in [0.2, 0.25) is 5.02 Å². The topological polar surface area (TPSA) is 42.2 Å². The van der Waals surface area contributed by atoms with Gasteiger partial charge in [0.1, 0.15) is 5.82 Å². The van der Waals surface area contributed by atoms with Gasteiger partial charge in [0.25, 0.3) is 0 Å². The maximum absolute atomic E-state index is 14.2. The maximum atomic E-state index is 14.2. The summed E-state index contributed by atoms with van der Waals surface area (Å²) in [5.74, 6) is -0.0104. The summed E-state index contributed by atoms with van der Waals surface area (Å²) in [6.07, 6.45) is 2.90. The van der Waals surface area contributed by atoms with Crippen LogP contribution in [-0.2, 0) is 6.42 Å². The Kier molecular flexibility index (Phi) is 5.98. The fraction of sp³-hybridized carbons (Fsp3) is 0.318. The fourth-order valence-corrected chi connectivity index (χ4v) is 3.67. The molecule has 3 aromatic rings. The highest BCUT2D eigenvalue weighted by molar-refractivity contribution is 6.30. The van der Waals surface area contributed by atoms with Crippen molar-refractivity contribution in [3.8, 4) is 0 Å². The minimum Gasteiger partial charge on any atom is -0.394 e. The summed E-state index contributed by atoms with van der Waals surface area (Å²) < 4.78 is 16.2. The number of benzene rings is 2. The molecule has 0 saturated heterocycles. The van der Waals surface area contributed by atoms with E-state index < -0.39 is 5.82 Å². The Hall–Kier alpha value is -2.17. The molecule has 142 valence electrons. The molecule has 0 amide bonds. The van der Waals surface area contributed by atoms with Crippen LogP contribution in [-0.4, -0.2) is 16.3 Å². The Morgan fingerprint density at radius 1 is 1.19 bits per heavy atom. The van der Waals surface area contributed by atoms with Gasteiger partial charge in [-0.3, -0.25) is 4.79 Å². The molecule has 0 aliphatic heterocycles. The van der Waals surface area contributed by atoms with E-state index in [1.54, 1.807) is 24.4 Å². The van der Waals surface area contributed by atoms with Crippen molar-refractivity contribution in [1.82, 2.24) is 4.57 Å². The van der Waals surface area contributed by atoms with Crippen LogP contribution in [0, 0.1) is 11.7 Å². The Labute approximate surface area is 163 Å². The molecule has 0 fully saturated rings. The minimum atomic E-state index is -0.429. The first-order chi connectivity index (χ1) is 12.9. The fourth-order valence-electron chi connectivity index (χ4n) is 3.48. The van der Waals surface area contributed by atoms with Gasteiger partial charge >= 0.3 is 0 Å². The molecule has 1 atom stereocenters. The SMILES string of the molecule is CC(C)C[C@@H](CO)n1ccc(=O)c2cc(Cc3cccc(Cl)c3F)ccc21. The van der Waals surface area contributed by atoms with Gasteiger partial charge in [-0.25, -0.2) is 4.39 Å². The molecule has 0 unspecified atom stereocenters. The average molecular weight is 388 g/mol. The molecule has 1 heterocycles. The van der Waals surface area contributed by atoms with E-state index in [0.717, 1.165) is 17.5 Å². The summed E-state index contributed by atoms with van der Waals surface area (Å²) in [5, 5.41) is 10.5. The predicted octanol–water partition coefficient (Wildman–Crippen LogP) is 4.96. The predicted molar refractivity (Wildman–Crippen MR) is 108 cm³/mol. The lowest BCUT2D eigenvalue weighted by molar-refractivity contribution is 0.211. The highest BCUT2D eigenvalue weighted by atomic mass is 35.5. The van der Waals surface area contributed by atoms with E-state index in [9.17, 15) is 14.3 Å². The molecular weight excluding hydrogens is 365 g/mol. The van der Waals surface area contributed by atoms with Crippen LogP contribution in [0.15, 0.2) is 53.5 Å². The zero-order valence-corrected chi connectivity index (χ0v) is 16.2. The Bertz CT molecular complexity index is 1010. The number of rotatable bonds is 6. The quantitative estimate of drug-likeness (QED) is 0.649. The summed E-state index contributed by atoms with van der Waals surface area (Å²) in [6, 6.07) is 11.9. The van der Waals surface area contributed by atoms with Crippen LogP contribution < -0.4 is 5.43 Å². The van der Waals surface area contributed by atoms with Gasteiger partial charge in [0.05, 0.1) is 23.2 Å². The number of hydrogen-bond acceptors (Lipinski definition) is 2. The number of aliphatic hydroxyl groups is 1. The summed E-state index contributed by atoms with van der Waals surface area (Å²) in [6.45, 7) is 4.21. The highest BCUT2D eigenvalue weighted by Crippen LogP contribution is 2.25. The highest BCUT2D eigenvalue weighted by Gasteiger charge is 2.15. The van der Waals surface area contributed by atoms with Gasteiger partial charge in [-0.1, -0.05) is 43.6 Å². The Morgan fingerprint density at radius 3 is 2.67 bits per heavy atom. The number of nitrogens with zero attached hydrogens (tertiary/aromatic N) is 1. The number of pyridine rings is 1.